The zero-order valence-corrected chi connectivity index (χ0v) is 12.0. The Morgan fingerprint density at radius 2 is 2.37 bits per heavy atom. The van der Waals surface area contributed by atoms with Crippen molar-refractivity contribution in [3.63, 3.8) is 0 Å². The van der Waals surface area contributed by atoms with Crippen LogP contribution in [0, 0.1) is 17.2 Å². The van der Waals surface area contributed by atoms with E-state index in [1.165, 1.54) is 0 Å². The van der Waals surface area contributed by atoms with Crippen molar-refractivity contribution in [2.24, 2.45) is 5.92 Å². The van der Waals surface area contributed by atoms with Crippen molar-refractivity contribution in [3.8, 4) is 6.07 Å². The number of nitriles is 1. The standard InChI is InChI=1S/C15H26N2O2/c1-2-7-17-15(12-16)6-3-4-14(9-15)19-11-13-5-8-18-10-13/h13-14,17H,2-11H2,1H3. The fraction of sp³-hybridized carbons (Fsp3) is 0.933. The highest BCUT2D eigenvalue weighted by Gasteiger charge is 2.36. The molecule has 0 amide bonds. The molecule has 1 aliphatic carbocycles. The van der Waals surface area contributed by atoms with Gasteiger partial charge in [-0.15, -0.1) is 0 Å². The van der Waals surface area contributed by atoms with Gasteiger partial charge in [0, 0.05) is 18.9 Å². The van der Waals surface area contributed by atoms with E-state index in [9.17, 15) is 5.26 Å². The van der Waals surface area contributed by atoms with Crippen LogP contribution in [0.1, 0.15) is 45.4 Å². The predicted octanol–water partition coefficient (Wildman–Crippen LogP) is 2.24. The van der Waals surface area contributed by atoms with Crippen LogP contribution in [-0.2, 0) is 9.47 Å². The Balaban J connectivity index is 1.79. The van der Waals surface area contributed by atoms with E-state index in [0.717, 1.165) is 64.9 Å². The summed E-state index contributed by atoms with van der Waals surface area (Å²) in [4.78, 5) is 0. The third-order valence-electron chi connectivity index (χ3n) is 4.22. The first-order chi connectivity index (χ1) is 9.28. The molecule has 2 rings (SSSR count). The molecule has 0 aromatic carbocycles. The van der Waals surface area contributed by atoms with Crippen molar-refractivity contribution < 1.29 is 9.47 Å². The lowest BCUT2D eigenvalue weighted by molar-refractivity contribution is -0.00960. The van der Waals surface area contributed by atoms with Crippen LogP contribution < -0.4 is 5.32 Å². The van der Waals surface area contributed by atoms with E-state index in [4.69, 9.17) is 9.47 Å². The fourth-order valence-electron chi connectivity index (χ4n) is 3.02. The van der Waals surface area contributed by atoms with Crippen LogP contribution in [0.15, 0.2) is 0 Å². The second-order valence-corrected chi connectivity index (χ2v) is 5.90. The van der Waals surface area contributed by atoms with Crippen molar-refractivity contribution in [2.75, 3.05) is 26.4 Å². The first kappa shape index (κ1) is 14.8. The van der Waals surface area contributed by atoms with Gasteiger partial charge in [-0.3, -0.25) is 5.32 Å². The van der Waals surface area contributed by atoms with Crippen LogP contribution in [0.4, 0.5) is 0 Å². The van der Waals surface area contributed by atoms with Gasteiger partial charge >= 0.3 is 0 Å². The van der Waals surface area contributed by atoms with Gasteiger partial charge in [0.25, 0.3) is 0 Å². The van der Waals surface area contributed by atoms with E-state index >= 15 is 0 Å². The third kappa shape index (κ3) is 4.17. The van der Waals surface area contributed by atoms with E-state index in [1.807, 2.05) is 0 Å². The van der Waals surface area contributed by atoms with Gasteiger partial charge < -0.3 is 9.47 Å². The second kappa shape index (κ2) is 7.23. The molecule has 1 saturated carbocycles. The third-order valence-corrected chi connectivity index (χ3v) is 4.22. The molecule has 1 aliphatic heterocycles. The Morgan fingerprint density at radius 3 is 3.05 bits per heavy atom. The average Bonchev–Trinajstić information content (AvgIpc) is 2.97. The highest BCUT2D eigenvalue weighted by atomic mass is 16.5. The molecule has 4 heteroatoms. The number of hydrogen-bond acceptors (Lipinski definition) is 4. The summed E-state index contributed by atoms with van der Waals surface area (Å²) in [7, 11) is 0. The van der Waals surface area contributed by atoms with Crippen LogP contribution in [0.3, 0.4) is 0 Å². The van der Waals surface area contributed by atoms with E-state index < -0.39 is 0 Å². The summed E-state index contributed by atoms with van der Waals surface area (Å²) in [5.74, 6) is 0.557. The largest absolute Gasteiger partial charge is 0.381 e. The topological polar surface area (TPSA) is 54.3 Å². The highest BCUT2D eigenvalue weighted by molar-refractivity contribution is 5.10. The SMILES string of the molecule is CCCNC1(C#N)CCCC(OCC2CCOC2)C1. The lowest BCUT2D eigenvalue weighted by atomic mass is 9.81. The maximum absolute atomic E-state index is 9.48. The Morgan fingerprint density at radius 1 is 1.47 bits per heavy atom. The molecule has 4 nitrogen and oxygen atoms in total. The van der Waals surface area contributed by atoms with Gasteiger partial charge in [0.05, 0.1) is 25.4 Å². The molecule has 3 atom stereocenters. The Bertz CT molecular complexity index is 310. The molecule has 3 unspecified atom stereocenters. The lowest BCUT2D eigenvalue weighted by Crippen LogP contribution is -2.49. The Kier molecular flexibility index (Phi) is 5.62. The molecule has 1 saturated heterocycles. The van der Waals surface area contributed by atoms with Gasteiger partial charge in [-0.05, 0) is 38.6 Å². The van der Waals surface area contributed by atoms with Crippen molar-refractivity contribution in [2.45, 2.75) is 57.1 Å². The van der Waals surface area contributed by atoms with E-state index in [-0.39, 0.29) is 11.6 Å². The molecular weight excluding hydrogens is 240 g/mol. The summed E-state index contributed by atoms with van der Waals surface area (Å²) >= 11 is 0. The van der Waals surface area contributed by atoms with Gasteiger partial charge in [0.1, 0.15) is 5.54 Å². The van der Waals surface area contributed by atoms with E-state index in [2.05, 4.69) is 18.3 Å². The normalized spacial score (nSPS) is 35.2. The molecule has 0 aromatic heterocycles. The van der Waals surface area contributed by atoms with Gasteiger partial charge in [0.2, 0.25) is 0 Å². The zero-order valence-electron chi connectivity index (χ0n) is 12.0. The molecule has 0 spiro atoms. The van der Waals surface area contributed by atoms with Gasteiger partial charge in [-0.25, -0.2) is 0 Å². The number of nitrogens with zero attached hydrogens (tertiary/aromatic N) is 1. The summed E-state index contributed by atoms with van der Waals surface area (Å²) in [5.41, 5.74) is -0.356. The average molecular weight is 266 g/mol. The van der Waals surface area contributed by atoms with Crippen LogP contribution in [0.5, 0.6) is 0 Å². The minimum absolute atomic E-state index is 0.235. The van der Waals surface area contributed by atoms with Gasteiger partial charge in [-0.2, -0.15) is 5.26 Å². The molecular formula is C15H26N2O2. The second-order valence-electron chi connectivity index (χ2n) is 5.90. The molecule has 1 N–H and O–H groups in total. The number of nitrogens with one attached hydrogen (secondary N) is 1. The molecule has 19 heavy (non-hydrogen) atoms. The molecule has 2 aliphatic rings. The smallest absolute Gasteiger partial charge is 0.109 e. The first-order valence-electron chi connectivity index (χ1n) is 7.63. The number of hydrogen-bond donors (Lipinski definition) is 1. The molecule has 2 fully saturated rings. The summed E-state index contributed by atoms with van der Waals surface area (Å²) in [6.45, 7) is 5.55. The fourth-order valence-corrected chi connectivity index (χ4v) is 3.02. The maximum atomic E-state index is 9.48. The monoisotopic (exact) mass is 266 g/mol. The summed E-state index contributed by atoms with van der Waals surface area (Å²) < 4.78 is 11.4. The lowest BCUT2D eigenvalue weighted by Gasteiger charge is -2.36. The first-order valence-corrected chi connectivity index (χ1v) is 7.63. The minimum atomic E-state index is -0.356. The van der Waals surface area contributed by atoms with Crippen LogP contribution >= 0.6 is 0 Å². The molecule has 0 radical (unpaired) electrons. The highest BCUT2D eigenvalue weighted by Crippen LogP contribution is 2.30. The summed E-state index contributed by atoms with van der Waals surface area (Å²) in [6, 6.07) is 2.49. The zero-order chi connectivity index (χ0) is 13.6. The van der Waals surface area contributed by atoms with Gasteiger partial charge in [0.15, 0.2) is 0 Å². The maximum Gasteiger partial charge on any atom is 0.109 e. The molecule has 0 aromatic rings. The number of rotatable bonds is 6. The molecule has 0 bridgehead atoms. The van der Waals surface area contributed by atoms with E-state index in [1.54, 1.807) is 0 Å². The molecule has 1 heterocycles. The minimum Gasteiger partial charge on any atom is -0.381 e. The van der Waals surface area contributed by atoms with Crippen molar-refractivity contribution in [1.29, 1.82) is 5.26 Å². The van der Waals surface area contributed by atoms with Crippen molar-refractivity contribution >= 4 is 0 Å². The van der Waals surface area contributed by atoms with Gasteiger partial charge in [-0.1, -0.05) is 6.92 Å². The predicted molar refractivity (Wildman–Crippen MR) is 73.8 cm³/mol. The number of ether oxygens (including phenoxy) is 2. The van der Waals surface area contributed by atoms with Crippen LogP contribution in [0.25, 0.3) is 0 Å². The summed E-state index contributed by atoms with van der Waals surface area (Å²) in [5, 5.41) is 12.9. The van der Waals surface area contributed by atoms with Crippen molar-refractivity contribution in [3.05, 3.63) is 0 Å². The van der Waals surface area contributed by atoms with Crippen LogP contribution in [0.2, 0.25) is 0 Å². The van der Waals surface area contributed by atoms with Crippen LogP contribution in [-0.4, -0.2) is 38.0 Å². The van der Waals surface area contributed by atoms with Crippen molar-refractivity contribution in [1.82, 2.24) is 5.32 Å². The molecule has 108 valence electrons. The summed E-state index contributed by atoms with van der Waals surface area (Å²) in [6.07, 6.45) is 6.37. The quantitative estimate of drug-likeness (QED) is 0.801. The Hall–Kier alpha value is -0.630. The van der Waals surface area contributed by atoms with E-state index in [0.29, 0.717) is 5.92 Å². The Labute approximate surface area is 116 Å².